The molecule has 0 bridgehead atoms. The number of allylic oxidation sites excluding steroid dienone is 1. The van der Waals surface area contributed by atoms with Gasteiger partial charge < -0.3 is 14.2 Å². The van der Waals surface area contributed by atoms with Crippen LogP contribution in [0.5, 0.6) is 17.2 Å². The summed E-state index contributed by atoms with van der Waals surface area (Å²) in [5.41, 5.74) is 1.99. The zero-order chi connectivity index (χ0) is 28.8. The monoisotopic (exact) mass is 580 g/mol. The van der Waals surface area contributed by atoms with E-state index in [4.69, 9.17) is 37.4 Å². The van der Waals surface area contributed by atoms with Gasteiger partial charge in [-0.05, 0) is 73.5 Å². The number of urea groups is 1. The molecule has 1 aliphatic rings. The Hall–Kier alpha value is -4.27. The van der Waals surface area contributed by atoms with E-state index in [0.29, 0.717) is 57.1 Å². The van der Waals surface area contributed by atoms with E-state index in [-0.39, 0.29) is 12.2 Å². The molecule has 1 aliphatic heterocycles. The van der Waals surface area contributed by atoms with Crippen molar-refractivity contribution in [1.82, 2.24) is 5.32 Å². The van der Waals surface area contributed by atoms with E-state index in [1.54, 1.807) is 60.7 Å². The molecule has 8 nitrogen and oxygen atoms in total. The van der Waals surface area contributed by atoms with Gasteiger partial charge in [0.1, 0.15) is 17.9 Å². The highest BCUT2D eigenvalue weighted by Gasteiger charge is 2.37. The first-order valence-corrected chi connectivity index (χ1v) is 13.0. The lowest BCUT2D eigenvalue weighted by molar-refractivity contribution is -0.122. The fourth-order valence-corrected chi connectivity index (χ4v) is 4.56. The molecule has 0 aromatic heterocycles. The van der Waals surface area contributed by atoms with Crippen molar-refractivity contribution in [3.63, 3.8) is 0 Å². The van der Waals surface area contributed by atoms with Crippen LogP contribution >= 0.6 is 23.2 Å². The van der Waals surface area contributed by atoms with E-state index in [2.05, 4.69) is 11.9 Å². The minimum atomic E-state index is -0.842. The normalized spacial score (nSPS) is 14.2. The Balaban J connectivity index is 1.67. The second kappa shape index (κ2) is 12.7. The number of carbonyl (C=O) groups excluding carboxylic acids is 3. The number of ether oxygens (including phenoxy) is 3. The van der Waals surface area contributed by atoms with Crippen LogP contribution in [0.1, 0.15) is 23.6 Å². The average Bonchev–Trinajstić information content (AvgIpc) is 2.92. The third-order valence-corrected chi connectivity index (χ3v) is 6.53. The van der Waals surface area contributed by atoms with Crippen molar-refractivity contribution in [2.75, 3.05) is 18.6 Å². The van der Waals surface area contributed by atoms with Gasteiger partial charge in [-0.2, -0.15) is 0 Å². The highest BCUT2D eigenvalue weighted by molar-refractivity contribution is 6.39. The Morgan fingerprint density at radius 3 is 2.38 bits per heavy atom. The number of halogens is 2. The number of imide groups is 2. The van der Waals surface area contributed by atoms with Crippen LogP contribution in [-0.2, 0) is 22.6 Å². The topological polar surface area (TPSA) is 94.2 Å². The molecule has 0 unspecified atom stereocenters. The van der Waals surface area contributed by atoms with E-state index in [9.17, 15) is 14.4 Å². The second-order valence-electron chi connectivity index (χ2n) is 8.61. The standard InChI is InChI=1S/C30H26Cl2N2O6/c1-4-6-19-13-18(15-26(38-3)27(19)40-17-20-7-8-21(31)16-25(20)32)14-24-28(35)33-30(37)34(29(24)36)22-9-11-23(12-10-22)39-5-2/h4,7-16H,1,5-6,17H2,2-3H3,(H,33,35,37)/b24-14+. The predicted octanol–water partition coefficient (Wildman–Crippen LogP) is 6.37. The molecular formula is C30H26Cl2N2O6. The molecule has 3 aromatic rings. The van der Waals surface area contributed by atoms with Gasteiger partial charge in [-0.25, -0.2) is 9.69 Å². The Morgan fingerprint density at radius 1 is 0.975 bits per heavy atom. The number of nitrogens with one attached hydrogen (secondary N) is 1. The van der Waals surface area contributed by atoms with Crippen molar-refractivity contribution in [1.29, 1.82) is 0 Å². The van der Waals surface area contributed by atoms with E-state index in [1.807, 2.05) is 6.92 Å². The maximum atomic E-state index is 13.4. The third kappa shape index (κ3) is 6.30. The molecule has 10 heteroatoms. The van der Waals surface area contributed by atoms with Crippen LogP contribution < -0.4 is 24.4 Å². The smallest absolute Gasteiger partial charge is 0.335 e. The summed E-state index contributed by atoms with van der Waals surface area (Å²) in [5, 5.41) is 3.21. The van der Waals surface area contributed by atoms with Crippen LogP contribution in [0.4, 0.5) is 10.5 Å². The summed E-state index contributed by atoms with van der Waals surface area (Å²) in [6.07, 6.45) is 3.51. The molecule has 40 heavy (non-hydrogen) atoms. The second-order valence-corrected chi connectivity index (χ2v) is 9.46. The number of anilines is 1. The van der Waals surface area contributed by atoms with Gasteiger partial charge in [0.05, 0.1) is 19.4 Å². The summed E-state index contributed by atoms with van der Waals surface area (Å²) in [5.74, 6) is -0.148. The van der Waals surface area contributed by atoms with Gasteiger partial charge in [0.2, 0.25) is 0 Å². The summed E-state index contributed by atoms with van der Waals surface area (Å²) >= 11 is 12.3. The lowest BCUT2D eigenvalue weighted by Crippen LogP contribution is -2.54. The summed E-state index contributed by atoms with van der Waals surface area (Å²) < 4.78 is 17.1. The van der Waals surface area contributed by atoms with E-state index < -0.39 is 17.8 Å². The lowest BCUT2D eigenvalue weighted by atomic mass is 10.0. The average molecular weight is 581 g/mol. The summed E-state index contributed by atoms with van der Waals surface area (Å²) in [6.45, 7) is 6.29. The quantitative estimate of drug-likeness (QED) is 0.170. The van der Waals surface area contributed by atoms with Gasteiger partial charge in [0.25, 0.3) is 11.8 Å². The number of amides is 4. The molecule has 0 aliphatic carbocycles. The molecule has 0 saturated carbocycles. The largest absolute Gasteiger partial charge is 0.494 e. The highest BCUT2D eigenvalue weighted by Crippen LogP contribution is 2.36. The molecule has 1 fully saturated rings. The summed E-state index contributed by atoms with van der Waals surface area (Å²) in [7, 11) is 1.48. The number of rotatable bonds is 10. The number of nitrogens with zero attached hydrogens (tertiary/aromatic N) is 1. The maximum Gasteiger partial charge on any atom is 0.335 e. The van der Waals surface area contributed by atoms with E-state index >= 15 is 0 Å². The van der Waals surface area contributed by atoms with Crippen LogP contribution in [-0.4, -0.2) is 31.6 Å². The maximum absolute atomic E-state index is 13.4. The van der Waals surface area contributed by atoms with Gasteiger partial charge in [-0.1, -0.05) is 35.3 Å². The first-order chi connectivity index (χ1) is 19.2. The van der Waals surface area contributed by atoms with E-state index in [0.717, 1.165) is 10.5 Å². The van der Waals surface area contributed by atoms with Gasteiger partial charge >= 0.3 is 6.03 Å². The first-order valence-electron chi connectivity index (χ1n) is 12.3. The number of carbonyl (C=O) groups is 3. The molecule has 3 aromatic carbocycles. The third-order valence-electron chi connectivity index (χ3n) is 5.94. The van der Waals surface area contributed by atoms with Crippen LogP contribution in [0.2, 0.25) is 10.0 Å². The molecule has 206 valence electrons. The Bertz CT molecular complexity index is 1500. The number of hydrogen-bond donors (Lipinski definition) is 1. The molecular weight excluding hydrogens is 555 g/mol. The van der Waals surface area contributed by atoms with Crippen molar-refractivity contribution >= 4 is 52.8 Å². The SMILES string of the molecule is C=CCc1cc(/C=C2\C(=O)NC(=O)N(c3ccc(OCC)cc3)C2=O)cc(OC)c1OCc1ccc(Cl)cc1Cl. The van der Waals surface area contributed by atoms with Gasteiger partial charge in [0, 0.05) is 21.2 Å². The van der Waals surface area contributed by atoms with Crippen LogP contribution in [0.25, 0.3) is 6.08 Å². The number of benzene rings is 3. The zero-order valence-electron chi connectivity index (χ0n) is 21.8. The van der Waals surface area contributed by atoms with Crippen LogP contribution in [0.15, 0.2) is 72.8 Å². The molecule has 1 N–H and O–H groups in total. The number of methoxy groups -OCH3 is 1. The summed E-state index contributed by atoms with van der Waals surface area (Å²) in [4.78, 5) is 39.6. The predicted molar refractivity (Wildman–Crippen MR) is 154 cm³/mol. The van der Waals surface area contributed by atoms with Crippen LogP contribution in [0, 0.1) is 0 Å². The number of hydrogen-bond acceptors (Lipinski definition) is 6. The molecule has 4 amide bonds. The van der Waals surface area contributed by atoms with Crippen molar-refractivity contribution in [2.24, 2.45) is 0 Å². The van der Waals surface area contributed by atoms with E-state index in [1.165, 1.54) is 13.2 Å². The highest BCUT2D eigenvalue weighted by atomic mass is 35.5. The van der Waals surface area contributed by atoms with Crippen molar-refractivity contribution < 1.29 is 28.6 Å². The van der Waals surface area contributed by atoms with Crippen molar-refractivity contribution in [3.8, 4) is 17.2 Å². The molecule has 4 rings (SSSR count). The minimum Gasteiger partial charge on any atom is -0.494 e. The molecule has 0 radical (unpaired) electrons. The van der Waals surface area contributed by atoms with Gasteiger partial charge in [-0.15, -0.1) is 6.58 Å². The molecule has 1 heterocycles. The Morgan fingerprint density at radius 2 is 1.73 bits per heavy atom. The van der Waals surface area contributed by atoms with Crippen LogP contribution in [0.3, 0.4) is 0 Å². The number of barbiturate groups is 1. The zero-order valence-corrected chi connectivity index (χ0v) is 23.3. The minimum absolute atomic E-state index is 0.150. The van der Waals surface area contributed by atoms with Crippen molar-refractivity contribution in [2.45, 2.75) is 20.0 Å². The first kappa shape index (κ1) is 28.7. The Kier molecular flexibility index (Phi) is 9.14. The van der Waals surface area contributed by atoms with Gasteiger partial charge in [0.15, 0.2) is 11.5 Å². The Labute approximate surface area is 241 Å². The fraction of sp³-hybridized carbons (Fsp3) is 0.167. The van der Waals surface area contributed by atoms with Crippen molar-refractivity contribution in [3.05, 3.63) is 99.6 Å². The molecule has 0 spiro atoms. The fourth-order valence-electron chi connectivity index (χ4n) is 4.09. The molecule has 1 saturated heterocycles. The van der Waals surface area contributed by atoms with Gasteiger partial charge in [-0.3, -0.25) is 14.9 Å². The molecule has 0 atom stereocenters. The summed E-state index contributed by atoms with van der Waals surface area (Å²) in [6, 6.07) is 14.1. The lowest BCUT2D eigenvalue weighted by Gasteiger charge is -2.26.